The standard InChI is InChI=1S/C17H14ClNO3S2/c1-10(12-7-4-8-23-12)19-14(20)9-22-17(21)16-15(18)11-5-2-3-6-13(11)24-16/h2-8,10H,9H2,1H3,(H,19,20)/t10-/m1/s1. The number of carbonyl (C=O) groups excluding carboxylic acids is 2. The Balaban J connectivity index is 1.60. The average Bonchev–Trinajstić information content (AvgIpc) is 3.21. The fourth-order valence-electron chi connectivity index (χ4n) is 2.23. The molecule has 0 saturated carbocycles. The molecule has 24 heavy (non-hydrogen) atoms. The molecule has 2 heterocycles. The summed E-state index contributed by atoms with van der Waals surface area (Å²) in [6.45, 7) is 1.55. The first-order valence-electron chi connectivity index (χ1n) is 7.23. The summed E-state index contributed by atoms with van der Waals surface area (Å²) in [4.78, 5) is 25.5. The molecule has 1 amide bonds. The van der Waals surface area contributed by atoms with Crippen LogP contribution in [0.15, 0.2) is 41.8 Å². The zero-order valence-electron chi connectivity index (χ0n) is 12.7. The van der Waals surface area contributed by atoms with Gasteiger partial charge in [0.05, 0.1) is 11.1 Å². The van der Waals surface area contributed by atoms with E-state index in [4.69, 9.17) is 16.3 Å². The number of esters is 1. The van der Waals surface area contributed by atoms with Gasteiger partial charge in [-0.3, -0.25) is 4.79 Å². The maximum Gasteiger partial charge on any atom is 0.350 e. The lowest BCUT2D eigenvalue weighted by atomic mass is 10.2. The quantitative estimate of drug-likeness (QED) is 0.656. The van der Waals surface area contributed by atoms with Gasteiger partial charge >= 0.3 is 5.97 Å². The lowest BCUT2D eigenvalue weighted by Crippen LogP contribution is -2.30. The van der Waals surface area contributed by atoms with Gasteiger partial charge in [0.15, 0.2) is 6.61 Å². The lowest BCUT2D eigenvalue weighted by Gasteiger charge is -2.12. The Bertz CT molecular complexity index is 873. The largest absolute Gasteiger partial charge is 0.451 e. The SMILES string of the molecule is C[C@@H](NC(=O)COC(=O)c1sc2ccccc2c1Cl)c1cccs1. The molecule has 0 aliphatic carbocycles. The molecule has 0 radical (unpaired) electrons. The number of thiophene rings is 2. The number of benzene rings is 1. The molecule has 2 aromatic heterocycles. The number of hydrogen-bond acceptors (Lipinski definition) is 5. The van der Waals surface area contributed by atoms with Crippen molar-refractivity contribution >= 4 is 56.2 Å². The van der Waals surface area contributed by atoms with Gasteiger partial charge in [-0.15, -0.1) is 22.7 Å². The van der Waals surface area contributed by atoms with Crippen LogP contribution in [-0.2, 0) is 9.53 Å². The molecular formula is C17H14ClNO3S2. The van der Waals surface area contributed by atoms with E-state index in [0.29, 0.717) is 9.90 Å². The van der Waals surface area contributed by atoms with Crippen LogP contribution in [0.3, 0.4) is 0 Å². The van der Waals surface area contributed by atoms with Crippen LogP contribution in [0.2, 0.25) is 5.02 Å². The van der Waals surface area contributed by atoms with Gasteiger partial charge in [0.25, 0.3) is 5.91 Å². The summed E-state index contributed by atoms with van der Waals surface area (Å²) in [6.07, 6.45) is 0. The zero-order chi connectivity index (χ0) is 17.1. The Hall–Kier alpha value is -1.89. The van der Waals surface area contributed by atoms with E-state index in [1.54, 1.807) is 11.3 Å². The topological polar surface area (TPSA) is 55.4 Å². The van der Waals surface area contributed by atoms with Gasteiger partial charge in [0.2, 0.25) is 0 Å². The molecule has 4 nitrogen and oxygen atoms in total. The molecule has 1 aromatic carbocycles. The van der Waals surface area contributed by atoms with Gasteiger partial charge in [-0.25, -0.2) is 4.79 Å². The molecule has 3 rings (SSSR count). The van der Waals surface area contributed by atoms with Gasteiger partial charge < -0.3 is 10.1 Å². The third kappa shape index (κ3) is 3.61. The molecule has 124 valence electrons. The molecule has 0 aliphatic heterocycles. The molecular weight excluding hydrogens is 366 g/mol. The minimum absolute atomic E-state index is 0.121. The highest BCUT2D eigenvalue weighted by molar-refractivity contribution is 7.21. The molecule has 0 aliphatic rings. The Morgan fingerprint density at radius 1 is 1.25 bits per heavy atom. The van der Waals surface area contributed by atoms with Crippen LogP contribution < -0.4 is 5.32 Å². The predicted octanol–water partition coefficient (Wildman–Crippen LogP) is 4.65. The van der Waals surface area contributed by atoms with E-state index in [1.807, 2.05) is 48.7 Å². The lowest BCUT2D eigenvalue weighted by molar-refractivity contribution is -0.124. The number of hydrogen-bond donors (Lipinski definition) is 1. The van der Waals surface area contributed by atoms with E-state index in [2.05, 4.69) is 5.32 Å². The minimum Gasteiger partial charge on any atom is -0.451 e. The first-order valence-corrected chi connectivity index (χ1v) is 9.30. The van der Waals surface area contributed by atoms with Crippen LogP contribution in [0.5, 0.6) is 0 Å². The second kappa shape index (κ2) is 7.34. The number of nitrogens with one attached hydrogen (secondary N) is 1. The summed E-state index contributed by atoms with van der Waals surface area (Å²) in [6, 6.07) is 11.2. The minimum atomic E-state index is -0.583. The fraction of sp³-hybridized carbons (Fsp3) is 0.176. The average molecular weight is 380 g/mol. The molecule has 0 unspecified atom stereocenters. The van der Waals surface area contributed by atoms with Crippen molar-refractivity contribution in [2.24, 2.45) is 0 Å². The van der Waals surface area contributed by atoms with Crippen LogP contribution >= 0.6 is 34.3 Å². The van der Waals surface area contributed by atoms with E-state index in [0.717, 1.165) is 15.0 Å². The third-order valence-corrected chi connectivity index (χ3v) is 6.11. The monoisotopic (exact) mass is 379 g/mol. The van der Waals surface area contributed by atoms with Crippen molar-refractivity contribution < 1.29 is 14.3 Å². The van der Waals surface area contributed by atoms with Crippen LogP contribution in [-0.4, -0.2) is 18.5 Å². The maximum absolute atomic E-state index is 12.2. The molecule has 1 atom stereocenters. The Labute approximate surface area is 152 Å². The van der Waals surface area contributed by atoms with Gasteiger partial charge in [-0.05, 0) is 24.4 Å². The van der Waals surface area contributed by atoms with Gasteiger partial charge in [0.1, 0.15) is 4.88 Å². The number of halogens is 1. The highest BCUT2D eigenvalue weighted by atomic mass is 35.5. The number of carbonyl (C=O) groups is 2. The highest BCUT2D eigenvalue weighted by Gasteiger charge is 2.19. The van der Waals surface area contributed by atoms with Crippen molar-refractivity contribution in [1.82, 2.24) is 5.32 Å². The van der Waals surface area contributed by atoms with Crippen molar-refractivity contribution in [3.05, 3.63) is 56.6 Å². The number of fused-ring (bicyclic) bond motifs is 1. The van der Waals surface area contributed by atoms with E-state index < -0.39 is 5.97 Å². The smallest absolute Gasteiger partial charge is 0.350 e. The summed E-state index contributed by atoms with van der Waals surface area (Å²) >= 11 is 9.05. The Morgan fingerprint density at radius 3 is 2.75 bits per heavy atom. The van der Waals surface area contributed by atoms with Crippen molar-refractivity contribution in [3.63, 3.8) is 0 Å². The predicted molar refractivity (Wildman–Crippen MR) is 98.0 cm³/mol. The van der Waals surface area contributed by atoms with Crippen LogP contribution in [0.4, 0.5) is 0 Å². The van der Waals surface area contributed by atoms with E-state index in [-0.39, 0.29) is 18.6 Å². The van der Waals surface area contributed by atoms with E-state index in [9.17, 15) is 9.59 Å². The zero-order valence-corrected chi connectivity index (χ0v) is 15.1. The second-order valence-corrected chi connectivity index (χ2v) is 7.53. The van der Waals surface area contributed by atoms with Crippen molar-refractivity contribution in [2.45, 2.75) is 13.0 Å². The van der Waals surface area contributed by atoms with Crippen LogP contribution in [0, 0.1) is 0 Å². The highest BCUT2D eigenvalue weighted by Crippen LogP contribution is 2.35. The molecule has 7 heteroatoms. The summed E-state index contributed by atoms with van der Waals surface area (Å²) < 4.78 is 6.00. The molecule has 0 fully saturated rings. The summed E-state index contributed by atoms with van der Waals surface area (Å²) in [5.74, 6) is -0.929. The van der Waals surface area contributed by atoms with Gasteiger partial charge in [-0.2, -0.15) is 0 Å². The number of ether oxygens (including phenoxy) is 1. The van der Waals surface area contributed by atoms with Crippen molar-refractivity contribution in [1.29, 1.82) is 0 Å². The van der Waals surface area contributed by atoms with E-state index in [1.165, 1.54) is 11.3 Å². The fourth-order valence-corrected chi connectivity index (χ4v) is 4.37. The molecule has 0 bridgehead atoms. The molecule has 1 N–H and O–H groups in total. The van der Waals surface area contributed by atoms with E-state index >= 15 is 0 Å². The van der Waals surface area contributed by atoms with Crippen LogP contribution in [0.25, 0.3) is 10.1 Å². The van der Waals surface area contributed by atoms with Gasteiger partial charge in [-0.1, -0.05) is 35.9 Å². The van der Waals surface area contributed by atoms with Crippen molar-refractivity contribution in [3.8, 4) is 0 Å². The number of rotatable bonds is 5. The normalized spacial score (nSPS) is 12.1. The molecule has 0 spiro atoms. The molecule has 3 aromatic rings. The van der Waals surface area contributed by atoms with Crippen molar-refractivity contribution in [2.75, 3.05) is 6.61 Å². The third-order valence-electron chi connectivity index (χ3n) is 3.40. The second-order valence-electron chi connectivity index (χ2n) is 5.12. The Morgan fingerprint density at radius 2 is 2.04 bits per heavy atom. The van der Waals surface area contributed by atoms with Crippen LogP contribution in [0.1, 0.15) is 27.5 Å². The molecule has 0 saturated heterocycles. The van der Waals surface area contributed by atoms with Gasteiger partial charge in [0, 0.05) is 15.0 Å². The summed E-state index contributed by atoms with van der Waals surface area (Å²) in [5, 5.41) is 5.92. The summed E-state index contributed by atoms with van der Waals surface area (Å²) in [5.41, 5.74) is 0. The number of amides is 1. The summed E-state index contributed by atoms with van der Waals surface area (Å²) in [7, 11) is 0. The Kier molecular flexibility index (Phi) is 5.18. The maximum atomic E-state index is 12.2. The first kappa shape index (κ1) is 17.0. The first-order chi connectivity index (χ1) is 11.6.